The molecule has 2 aliphatic heterocycles. The molecule has 1 atom stereocenters. The molecule has 1 aromatic carbocycles. The predicted molar refractivity (Wildman–Crippen MR) is 162 cm³/mol. The smallest absolute Gasteiger partial charge is 0.309 e. The second kappa shape index (κ2) is 12.8. The lowest BCUT2D eigenvalue weighted by Gasteiger charge is -2.35. The van der Waals surface area contributed by atoms with Gasteiger partial charge in [0.15, 0.2) is 0 Å². The number of piperidine rings is 1. The van der Waals surface area contributed by atoms with Gasteiger partial charge in [-0.25, -0.2) is 0 Å². The third kappa shape index (κ3) is 5.72. The Kier molecular flexibility index (Phi) is 9.48. The van der Waals surface area contributed by atoms with Crippen LogP contribution in [0, 0.1) is 24.2 Å². The van der Waals surface area contributed by atoms with Gasteiger partial charge in [-0.3, -0.25) is 23.9 Å². The number of carbonyl (C=O) groups is 2. The molecule has 1 aromatic heterocycles. The highest BCUT2D eigenvalue weighted by Crippen LogP contribution is 2.40. The molecule has 8 nitrogen and oxygen atoms in total. The molecule has 0 spiro atoms. The monoisotopic (exact) mass is 578 g/mol. The quantitative estimate of drug-likeness (QED) is 0.240. The van der Waals surface area contributed by atoms with E-state index >= 15 is 0 Å². The number of nitrogens with zero attached hydrogens (tertiary/aromatic N) is 4. The number of ether oxygens (including phenoxy) is 1. The van der Waals surface area contributed by atoms with E-state index < -0.39 is 0 Å². The van der Waals surface area contributed by atoms with Crippen molar-refractivity contribution < 1.29 is 14.3 Å². The predicted octanol–water partition coefficient (Wildman–Crippen LogP) is 5.18. The van der Waals surface area contributed by atoms with Crippen molar-refractivity contribution in [2.45, 2.75) is 59.5 Å². The van der Waals surface area contributed by atoms with Gasteiger partial charge in [0.2, 0.25) is 0 Å². The van der Waals surface area contributed by atoms with E-state index in [4.69, 9.17) is 17.0 Å². The van der Waals surface area contributed by atoms with Crippen LogP contribution >= 0.6 is 24.0 Å². The van der Waals surface area contributed by atoms with Gasteiger partial charge in [0.05, 0.1) is 23.5 Å². The number of anilines is 1. The first kappa shape index (κ1) is 29.6. The van der Waals surface area contributed by atoms with Gasteiger partial charge in [-0.1, -0.05) is 61.2 Å². The minimum Gasteiger partial charge on any atom is -0.466 e. The third-order valence-electron chi connectivity index (χ3n) is 7.48. The maximum absolute atomic E-state index is 13.7. The van der Waals surface area contributed by atoms with Crippen molar-refractivity contribution in [3.63, 3.8) is 0 Å². The Morgan fingerprint density at radius 1 is 1.23 bits per heavy atom. The largest absolute Gasteiger partial charge is 0.466 e. The minimum absolute atomic E-state index is 0.0676. The summed E-state index contributed by atoms with van der Waals surface area (Å²) in [5.74, 6) is 0.0817. The number of nitriles is 1. The zero-order valence-electron chi connectivity index (χ0n) is 23.3. The number of hydrogen-bond donors (Lipinski definition) is 0. The lowest BCUT2D eigenvalue weighted by molar-refractivity contribution is -0.148. The molecule has 3 heterocycles. The van der Waals surface area contributed by atoms with Crippen molar-refractivity contribution >= 4 is 52.1 Å². The van der Waals surface area contributed by atoms with Gasteiger partial charge in [0.25, 0.3) is 11.5 Å². The van der Waals surface area contributed by atoms with Crippen LogP contribution in [-0.2, 0) is 20.9 Å². The second-order valence-electron chi connectivity index (χ2n) is 9.96. The number of rotatable bonds is 8. The highest BCUT2D eigenvalue weighted by atomic mass is 32.2. The van der Waals surface area contributed by atoms with Crippen LogP contribution in [0.1, 0.15) is 68.3 Å². The Hall–Kier alpha value is -3.42. The molecule has 0 bridgehead atoms. The van der Waals surface area contributed by atoms with Gasteiger partial charge in [-0.2, -0.15) is 5.26 Å². The topological polar surface area (TPSA) is 95.6 Å². The normalized spacial score (nSPS) is 17.8. The van der Waals surface area contributed by atoms with Crippen molar-refractivity contribution in [1.29, 1.82) is 5.26 Å². The minimum atomic E-state index is -0.341. The van der Waals surface area contributed by atoms with Gasteiger partial charge in [0, 0.05) is 25.2 Å². The molecule has 1 amide bonds. The van der Waals surface area contributed by atoms with Crippen LogP contribution < -0.4 is 10.5 Å². The molecule has 40 heavy (non-hydrogen) atoms. The molecular formula is C30H34N4O4S2. The zero-order chi connectivity index (χ0) is 29.0. The molecule has 0 N–H and O–H groups in total. The van der Waals surface area contributed by atoms with E-state index in [-0.39, 0.29) is 35.0 Å². The Morgan fingerprint density at radius 3 is 2.50 bits per heavy atom. The van der Waals surface area contributed by atoms with Crippen molar-refractivity contribution in [1.82, 2.24) is 9.47 Å². The molecule has 2 fully saturated rings. The summed E-state index contributed by atoms with van der Waals surface area (Å²) in [5, 5.41) is 9.91. The number of thioether (sulfide) groups is 1. The van der Waals surface area contributed by atoms with E-state index in [1.54, 1.807) is 29.4 Å². The molecule has 2 saturated heterocycles. The lowest BCUT2D eigenvalue weighted by Crippen LogP contribution is -2.41. The van der Waals surface area contributed by atoms with Crippen LogP contribution in [0.25, 0.3) is 6.08 Å². The van der Waals surface area contributed by atoms with E-state index in [0.717, 1.165) is 5.56 Å². The number of aromatic nitrogens is 1. The second-order valence-corrected chi connectivity index (χ2v) is 11.6. The van der Waals surface area contributed by atoms with Crippen molar-refractivity contribution in [2.24, 2.45) is 5.92 Å². The Labute approximate surface area is 244 Å². The first-order valence-electron chi connectivity index (χ1n) is 13.6. The van der Waals surface area contributed by atoms with Gasteiger partial charge in [-0.05, 0) is 57.2 Å². The summed E-state index contributed by atoms with van der Waals surface area (Å²) in [6, 6.07) is 11.6. The molecule has 1 unspecified atom stereocenters. The van der Waals surface area contributed by atoms with Crippen LogP contribution in [-0.4, -0.2) is 45.4 Å². The SMILES string of the molecule is CCCn1c(N2CCC(C(=O)OCC)CC2)c(/C=C2\SC(=S)N(C(C)c3ccccc3)C2=O)c(C)c(C#N)c1=O. The van der Waals surface area contributed by atoms with Crippen molar-refractivity contribution in [3.8, 4) is 6.07 Å². The fourth-order valence-electron chi connectivity index (χ4n) is 5.33. The van der Waals surface area contributed by atoms with Crippen LogP contribution in [0.4, 0.5) is 5.82 Å². The molecule has 2 aromatic rings. The number of carbonyl (C=O) groups excluding carboxylic acids is 2. The third-order valence-corrected chi connectivity index (χ3v) is 8.81. The summed E-state index contributed by atoms with van der Waals surface area (Å²) < 4.78 is 7.34. The maximum Gasteiger partial charge on any atom is 0.309 e. The molecule has 10 heteroatoms. The lowest BCUT2D eigenvalue weighted by atomic mass is 9.95. The Bertz CT molecular complexity index is 1440. The maximum atomic E-state index is 13.7. The van der Waals surface area contributed by atoms with E-state index in [1.165, 1.54) is 11.8 Å². The number of benzene rings is 1. The summed E-state index contributed by atoms with van der Waals surface area (Å²) in [7, 11) is 0. The molecule has 210 valence electrons. The first-order valence-corrected chi connectivity index (χ1v) is 14.9. The number of pyridine rings is 1. The van der Waals surface area contributed by atoms with E-state index in [2.05, 4.69) is 11.0 Å². The van der Waals surface area contributed by atoms with Crippen molar-refractivity contribution in [2.75, 3.05) is 24.6 Å². The molecule has 4 rings (SSSR count). The fraction of sp³-hybridized carbons (Fsp3) is 0.433. The van der Waals surface area contributed by atoms with Crippen LogP contribution in [0.3, 0.4) is 0 Å². The van der Waals surface area contributed by atoms with Crippen LogP contribution in [0.2, 0.25) is 0 Å². The Morgan fingerprint density at radius 2 is 1.90 bits per heavy atom. The number of hydrogen-bond acceptors (Lipinski definition) is 8. The van der Waals surface area contributed by atoms with Crippen molar-refractivity contribution in [3.05, 3.63) is 67.8 Å². The van der Waals surface area contributed by atoms with Crippen LogP contribution in [0.15, 0.2) is 40.0 Å². The van der Waals surface area contributed by atoms with E-state index in [9.17, 15) is 19.6 Å². The highest BCUT2D eigenvalue weighted by molar-refractivity contribution is 8.26. The van der Waals surface area contributed by atoms with Crippen LogP contribution in [0.5, 0.6) is 0 Å². The summed E-state index contributed by atoms with van der Waals surface area (Å²) >= 11 is 6.87. The van der Waals surface area contributed by atoms with Gasteiger partial charge in [0.1, 0.15) is 21.8 Å². The molecule has 0 aliphatic carbocycles. The number of amides is 1. The van der Waals surface area contributed by atoms with Gasteiger partial charge < -0.3 is 9.64 Å². The standard InChI is InChI=1S/C30H34N4O4S2/c1-5-14-33-26(32-15-12-22(13-16-32)29(37)38-6-2)23(19(3)24(18-31)27(33)35)17-25-28(36)34(30(39)40-25)20(4)21-10-8-7-9-11-21/h7-11,17,20,22H,5-6,12-16H2,1-4H3/b25-17-. The molecule has 2 aliphatic rings. The van der Waals surface area contributed by atoms with Gasteiger partial charge in [-0.15, -0.1) is 0 Å². The summed E-state index contributed by atoms with van der Waals surface area (Å²) in [6.45, 7) is 9.34. The average molecular weight is 579 g/mol. The molecular weight excluding hydrogens is 544 g/mol. The number of thiocarbonyl (C=S) groups is 1. The first-order chi connectivity index (χ1) is 19.2. The number of esters is 1. The summed E-state index contributed by atoms with van der Waals surface area (Å²) in [5.41, 5.74) is 1.89. The van der Waals surface area contributed by atoms with Gasteiger partial charge >= 0.3 is 5.97 Å². The van der Waals surface area contributed by atoms with E-state index in [0.29, 0.717) is 71.7 Å². The van der Waals surface area contributed by atoms with E-state index in [1.807, 2.05) is 44.2 Å². The average Bonchev–Trinajstić information content (AvgIpc) is 3.24. The zero-order valence-corrected chi connectivity index (χ0v) is 24.9. The molecule has 0 saturated carbocycles. The summed E-state index contributed by atoms with van der Waals surface area (Å²) in [6.07, 6.45) is 3.66. The highest BCUT2D eigenvalue weighted by Gasteiger charge is 2.37. The fourth-order valence-corrected chi connectivity index (χ4v) is 6.73. The Balaban J connectivity index is 1.78. The summed E-state index contributed by atoms with van der Waals surface area (Å²) in [4.78, 5) is 43.7. The molecule has 0 radical (unpaired) electrons.